The number of nitrogens with zero attached hydrogens (tertiary/aromatic N) is 2. The molecule has 1 aliphatic heterocycles. The summed E-state index contributed by atoms with van der Waals surface area (Å²) < 4.78 is 0. The molecule has 0 saturated carbocycles. The number of rotatable bonds is 6. The van der Waals surface area contributed by atoms with E-state index in [-0.39, 0.29) is 22.3 Å². The lowest BCUT2D eigenvalue weighted by Crippen LogP contribution is -2.37. The van der Waals surface area contributed by atoms with E-state index in [1.165, 1.54) is 23.8 Å². The number of likely N-dealkylation sites (tertiary alicyclic amines) is 1. The molecule has 2 aromatic rings. The van der Waals surface area contributed by atoms with Crippen LogP contribution >= 0.6 is 11.6 Å². The Balaban J connectivity index is 1.78. The van der Waals surface area contributed by atoms with E-state index in [9.17, 15) is 14.9 Å². The average molecular weight is 388 g/mol. The molecule has 0 bridgehead atoms. The van der Waals surface area contributed by atoms with Crippen molar-refractivity contribution in [1.82, 2.24) is 10.2 Å². The van der Waals surface area contributed by atoms with Gasteiger partial charge < -0.3 is 5.32 Å². The fourth-order valence-electron chi connectivity index (χ4n) is 3.43. The largest absolute Gasteiger partial charge is 0.350 e. The lowest BCUT2D eigenvalue weighted by atomic mass is 10.0. The second kappa shape index (κ2) is 8.50. The van der Waals surface area contributed by atoms with Crippen molar-refractivity contribution >= 4 is 23.2 Å². The van der Waals surface area contributed by atoms with Crippen molar-refractivity contribution in [1.29, 1.82) is 0 Å². The number of aryl methyl sites for hydroxylation is 1. The summed E-state index contributed by atoms with van der Waals surface area (Å²) in [6, 6.07) is 12.4. The number of carbonyl (C=O) groups is 1. The highest BCUT2D eigenvalue weighted by Gasteiger charge is 2.26. The number of nitrogens with one attached hydrogen (secondary N) is 1. The van der Waals surface area contributed by atoms with Gasteiger partial charge in [-0.25, -0.2) is 0 Å². The molecular weight excluding hydrogens is 366 g/mol. The van der Waals surface area contributed by atoms with Crippen LogP contribution in [0.25, 0.3) is 0 Å². The predicted octanol–water partition coefficient (Wildman–Crippen LogP) is 4.12. The highest BCUT2D eigenvalue weighted by molar-refractivity contribution is 6.31. The second-order valence-electron chi connectivity index (χ2n) is 6.80. The molecule has 1 fully saturated rings. The molecule has 2 aromatic carbocycles. The molecule has 0 spiro atoms. The van der Waals surface area contributed by atoms with E-state index >= 15 is 0 Å². The maximum absolute atomic E-state index is 12.6. The molecule has 1 heterocycles. The first-order valence-corrected chi connectivity index (χ1v) is 9.36. The van der Waals surface area contributed by atoms with Gasteiger partial charge in [-0.2, -0.15) is 0 Å². The van der Waals surface area contributed by atoms with Crippen molar-refractivity contribution in [3.8, 4) is 0 Å². The summed E-state index contributed by atoms with van der Waals surface area (Å²) in [5, 5.41) is 14.3. The fourth-order valence-corrected chi connectivity index (χ4v) is 3.60. The fraction of sp³-hybridized carbons (Fsp3) is 0.350. The van der Waals surface area contributed by atoms with Crippen LogP contribution in [0, 0.1) is 17.0 Å². The zero-order valence-corrected chi connectivity index (χ0v) is 15.9. The minimum Gasteiger partial charge on any atom is -0.350 e. The molecule has 1 amide bonds. The van der Waals surface area contributed by atoms with E-state index in [4.69, 9.17) is 11.6 Å². The van der Waals surface area contributed by atoms with Crippen LogP contribution in [0.4, 0.5) is 5.69 Å². The number of hydrogen-bond acceptors (Lipinski definition) is 4. The van der Waals surface area contributed by atoms with Crippen LogP contribution in [0.3, 0.4) is 0 Å². The number of nitro benzene ring substituents is 1. The molecule has 0 aliphatic carbocycles. The van der Waals surface area contributed by atoms with Crippen LogP contribution in [-0.2, 0) is 0 Å². The summed E-state index contributed by atoms with van der Waals surface area (Å²) in [6.45, 7) is 4.39. The Kier molecular flexibility index (Phi) is 6.08. The minimum absolute atomic E-state index is 0.0217. The van der Waals surface area contributed by atoms with Crippen molar-refractivity contribution in [2.24, 2.45) is 0 Å². The van der Waals surface area contributed by atoms with Crippen molar-refractivity contribution in [2.75, 3.05) is 19.6 Å². The maximum Gasteiger partial charge on any atom is 0.283 e. The Morgan fingerprint density at radius 3 is 2.52 bits per heavy atom. The van der Waals surface area contributed by atoms with Gasteiger partial charge in [0.05, 0.1) is 11.0 Å². The summed E-state index contributed by atoms with van der Waals surface area (Å²) in [4.78, 5) is 25.6. The first-order chi connectivity index (χ1) is 13.0. The molecule has 1 saturated heterocycles. The third-order valence-electron chi connectivity index (χ3n) is 4.90. The van der Waals surface area contributed by atoms with Gasteiger partial charge in [0.15, 0.2) is 0 Å². The van der Waals surface area contributed by atoms with Crippen molar-refractivity contribution in [3.63, 3.8) is 0 Å². The van der Waals surface area contributed by atoms with Gasteiger partial charge in [-0.15, -0.1) is 0 Å². The lowest BCUT2D eigenvalue weighted by Gasteiger charge is -2.28. The van der Waals surface area contributed by atoms with Gasteiger partial charge >= 0.3 is 0 Å². The molecule has 0 radical (unpaired) electrons. The third kappa shape index (κ3) is 4.64. The number of carbonyl (C=O) groups excluding carboxylic acids is 1. The topological polar surface area (TPSA) is 75.5 Å². The molecule has 7 heteroatoms. The van der Waals surface area contributed by atoms with Crippen molar-refractivity contribution in [3.05, 3.63) is 74.3 Å². The molecule has 1 unspecified atom stereocenters. The zero-order chi connectivity index (χ0) is 19.4. The molecular formula is C20H22ClN3O3. The number of halogens is 1. The Labute approximate surface area is 163 Å². The standard InChI is InChI=1S/C20H22ClN3O3/c1-14-4-6-15(7-5-14)19(23-10-2-3-11-23)13-22-20(25)17-9-8-16(21)12-18(17)24(26)27/h4-9,12,19H,2-3,10-11,13H2,1H3,(H,22,25). The number of amides is 1. The first-order valence-electron chi connectivity index (χ1n) is 8.98. The van der Waals surface area contributed by atoms with Crippen LogP contribution in [0.2, 0.25) is 5.02 Å². The molecule has 3 rings (SSSR count). The highest BCUT2D eigenvalue weighted by atomic mass is 35.5. The molecule has 27 heavy (non-hydrogen) atoms. The second-order valence-corrected chi connectivity index (χ2v) is 7.23. The summed E-state index contributed by atoms with van der Waals surface area (Å²) >= 11 is 5.83. The normalized spacial score (nSPS) is 15.5. The van der Waals surface area contributed by atoms with Crippen molar-refractivity contribution < 1.29 is 9.72 Å². The highest BCUT2D eigenvalue weighted by Crippen LogP contribution is 2.26. The van der Waals surface area contributed by atoms with E-state index in [0.29, 0.717) is 6.54 Å². The predicted molar refractivity (Wildman–Crippen MR) is 105 cm³/mol. The average Bonchev–Trinajstić information content (AvgIpc) is 3.17. The van der Waals surface area contributed by atoms with Gasteiger partial charge in [-0.05, 0) is 50.6 Å². The van der Waals surface area contributed by atoms with Crippen molar-refractivity contribution in [2.45, 2.75) is 25.8 Å². The van der Waals surface area contributed by atoms with Crippen LogP contribution in [0.15, 0.2) is 42.5 Å². The van der Waals surface area contributed by atoms with Crippen LogP contribution in [-0.4, -0.2) is 35.4 Å². The van der Waals surface area contributed by atoms with E-state index in [0.717, 1.165) is 31.5 Å². The Hall–Kier alpha value is -2.44. The summed E-state index contributed by atoms with van der Waals surface area (Å²) in [5.74, 6) is -0.463. The smallest absolute Gasteiger partial charge is 0.283 e. The van der Waals surface area contributed by atoms with Crippen LogP contribution in [0.1, 0.15) is 40.4 Å². The van der Waals surface area contributed by atoms with Crippen LogP contribution in [0.5, 0.6) is 0 Å². The minimum atomic E-state index is -0.585. The Bertz CT molecular complexity index is 833. The molecule has 0 aromatic heterocycles. The van der Waals surface area contributed by atoms with E-state index in [1.54, 1.807) is 0 Å². The summed E-state index contributed by atoms with van der Waals surface area (Å²) in [5.41, 5.74) is 2.05. The number of hydrogen-bond donors (Lipinski definition) is 1. The summed E-state index contributed by atoms with van der Waals surface area (Å²) in [6.07, 6.45) is 2.28. The van der Waals surface area contributed by atoms with Crippen LogP contribution < -0.4 is 5.32 Å². The van der Waals surface area contributed by atoms with Gasteiger partial charge in [-0.3, -0.25) is 19.8 Å². The van der Waals surface area contributed by atoms with E-state index in [2.05, 4.69) is 34.5 Å². The Morgan fingerprint density at radius 1 is 1.22 bits per heavy atom. The molecule has 6 nitrogen and oxygen atoms in total. The number of nitro groups is 1. The Morgan fingerprint density at radius 2 is 1.89 bits per heavy atom. The molecule has 1 aliphatic rings. The van der Waals surface area contributed by atoms with Gasteiger partial charge in [0.25, 0.3) is 11.6 Å². The summed E-state index contributed by atoms with van der Waals surface area (Å²) in [7, 11) is 0. The molecule has 1 N–H and O–H groups in total. The van der Waals surface area contributed by atoms with E-state index in [1.807, 2.05) is 6.92 Å². The third-order valence-corrected chi connectivity index (χ3v) is 5.14. The van der Waals surface area contributed by atoms with Gasteiger partial charge in [0.2, 0.25) is 0 Å². The quantitative estimate of drug-likeness (QED) is 0.597. The monoisotopic (exact) mass is 387 g/mol. The SMILES string of the molecule is Cc1ccc(C(CNC(=O)c2ccc(Cl)cc2[N+](=O)[O-])N2CCCC2)cc1. The molecule has 142 valence electrons. The van der Waals surface area contributed by atoms with E-state index < -0.39 is 10.8 Å². The first kappa shape index (κ1) is 19.3. The lowest BCUT2D eigenvalue weighted by molar-refractivity contribution is -0.385. The number of benzene rings is 2. The zero-order valence-electron chi connectivity index (χ0n) is 15.2. The van der Waals surface area contributed by atoms with Gasteiger partial charge in [-0.1, -0.05) is 41.4 Å². The maximum atomic E-state index is 12.6. The van der Waals surface area contributed by atoms with Gasteiger partial charge in [0.1, 0.15) is 5.56 Å². The molecule has 1 atom stereocenters. The van der Waals surface area contributed by atoms with Gasteiger partial charge in [0, 0.05) is 17.6 Å².